The van der Waals surface area contributed by atoms with Crippen LogP contribution in [0.25, 0.3) is 0 Å². The van der Waals surface area contributed by atoms with Gasteiger partial charge in [0, 0.05) is 26.1 Å². The number of sulfonamides is 1. The van der Waals surface area contributed by atoms with Crippen LogP contribution in [0.5, 0.6) is 0 Å². The standard InChI is InChI=1S/C16H21FN4O3S/c1-19-15(13-7-9-20(10-8-13)25(2,23)24)18-21(16(19)22)11-12-3-5-14(17)6-4-12/h3-6,13H,7-11H2,1-2H3. The molecule has 1 aliphatic heterocycles. The van der Waals surface area contributed by atoms with Gasteiger partial charge in [0.1, 0.15) is 11.6 Å². The van der Waals surface area contributed by atoms with Crippen molar-refractivity contribution in [1.82, 2.24) is 18.7 Å². The zero-order valence-electron chi connectivity index (χ0n) is 14.2. The van der Waals surface area contributed by atoms with Crippen LogP contribution in [0.2, 0.25) is 0 Å². The Morgan fingerprint density at radius 1 is 1.20 bits per heavy atom. The molecular formula is C16H21FN4O3S. The van der Waals surface area contributed by atoms with E-state index in [0.717, 1.165) is 5.56 Å². The first-order valence-electron chi connectivity index (χ1n) is 8.09. The minimum Gasteiger partial charge on any atom is -0.282 e. The number of halogens is 1. The summed E-state index contributed by atoms with van der Waals surface area (Å²) in [5.74, 6) is 0.390. The first-order chi connectivity index (χ1) is 11.8. The number of piperidine rings is 1. The van der Waals surface area contributed by atoms with Crippen LogP contribution in [0.15, 0.2) is 29.1 Å². The summed E-state index contributed by atoms with van der Waals surface area (Å²) in [6.07, 6.45) is 2.47. The van der Waals surface area contributed by atoms with Gasteiger partial charge in [-0.15, -0.1) is 0 Å². The number of benzene rings is 1. The van der Waals surface area contributed by atoms with E-state index in [1.165, 1.54) is 31.9 Å². The predicted octanol–water partition coefficient (Wildman–Crippen LogP) is 0.908. The zero-order chi connectivity index (χ0) is 18.2. The van der Waals surface area contributed by atoms with E-state index in [1.54, 1.807) is 19.2 Å². The van der Waals surface area contributed by atoms with Crippen molar-refractivity contribution < 1.29 is 12.8 Å². The maximum Gasteiger partial charge on any atom is 0.345 e. The molecule has 9 heteroatoms. The molecule has 2 heterocycles. The molecule has 3 rings (SSSR count). The Labute approximate surface area is 145 Å². The summed E-state index contributed by atoms with van der Waals surface area (Å²) in [5.41, 5.74) is 0.560. The summed E-state index contributed by atoms with van der Waals surface area (Å²) >= 11 is 0. The molecule has 7 nitrogen and oxygen atoms in total. The van der Waals surface area contributed by atoms with Crippen molar-refractivity contribution in [2.75, 3.05) is 19.3 Å². The van der Waals surface area contributed by atoms with E-state index in [0.29, 0.717) is 31.8 Å². The molecule has 25 heavy (non-hydrogen) atoms. The number of aromatic nitrogens is 3. The summed E-state index contributed by atoms with van der Waals surface area (Å²) < 4.78 is 40.5. The van der Waals surface area contributed by atoms with Crippen LogP contribution in [0.1, 0.15) is 30.1 Å². The molecule has 1 saturated heterocycles. The highest BCUT2D eigenvalue weighted by molar-refractivity contribution is 7.88. The topological polar surface area (TPSA) is 77.2 Å². The molecule has 1 aliphatic rings. The van der Waals surface area contributed by atoms with E-state index in [9.17, 15) is 17.6 Å². The number of rotatable bonds is 4. The summed E-state index contributed by atoms with van der Waals surface area (Å²) in [7, 11) is -1.50. The minimum absolute atomic E-state index is 0.0465. The normalized spacial score (nSPS) is 17.1. The second kappa shape index (κ2) is 6.72. The van der Waals surface area contributed by atoms with Gasteiger partial charge in [-0.25, -0.2) is 26.6 Å². The third-order valence-corrected chi connectivity index (χ3v) is 5.91. The van der Waals surface area contributed by atoms with Crippen LogP contribution in [0.4, 0.5) is 4.39 Å². The third kappa shape index (κ3) is 3.82. The van der Waals surface area contributed by atoms with Gasteiger partial charge in [-0.2, -0.15) is 5.10 Å². The van der Waals surface area contributed by atoms with Crippen molar-refractivity contribution in [2.24, 2.45) is 7.05 Å². The van der Waals surface area contributed by atoms with E-state index in [1.807, 2.05) is 0 Å². The maximum atomic E-state index is 13.0. The number of hydrogen-bond donors (Lipinski definition) is 0. The van der Waals surface area contributed by atoms with Gasteiger partial charge in [-0.1, -0.05) is 12.1 Å². The molecule has 0 atom stereocenters. The lowest BCUT2D eigenvalue weighted by Crippen LogP contribution is -2.37. The molecule has 0 bridgehead atoms. The summed E-state index contributed by atoms with van der Waals surface area (Å²) in [4.78, 5) is 12.4. The Bertz CT molecular complexity index is 910. The zero-order valence-corrected chi connectivity index (χ0v) is 15.0. The Kier molecular flexibility index (Phi) is 4.79. The molecule has 1 aromatic heterocycles. The quantitative estimate of drug-likeness (QED) is 0.804. The molecule has 2 aromatic rings. The molecule has 0 aliphatic carbocycles. The summed E-state index contributed by atoms with van der Waals surface area (Å²) in [5, 5.41) is 4.44. The van der Waals surface area contributed by atoms with Crippen LogP contribution in [-0.2, 0) is 23.6 Å². The van der Waals surface area contributed by atoms with Gasteiger partial charge in [0.2, 0.25) is 10.0 Å². The van der Waals surface area contributed by atoms with Crippen LogP contribution in [-0.4, -0.2) is 46.4 Å². The molecule has 136 valence electrons. The lowest BCUT2D eigenvalue weighted by atomic mass is 9.97. The summed E-state index contributed by atoms with van der Waals surface area (Å²) in [6.45, 7) is 1.14. The monoisotopic (exact) mass is 368 g/mol. The van der Waals surface area contributed by atoms with Crippen molar-refractivity contribution in [3.8, 4) is 0 Å². The van der Waals surface area contributed by atoms with Gasteiger partial charge in [-0.05, 0) is 30.5 Å². The van der Waals surface area contributed by atoms with Gasteiger partial charge < -0.3 is 0 Å². The highest BCUT2D eigenvalue weighted by Crippen LogP contribution is 2.26. The first kappa shape index (κ1) is 17.8. The average Bonchev–Trinajstić information content (AvgIpc) is 2.85. The van der Waals surface area contributed by atoms with Crippen LogP contribution in [0, 0.1) is 5.82 Å². The molecule has 0 N–H and O–H groups in total. The van der Waals surface area contributed by atoms with Gasteiger partial charge in [0.05, 0.1) is 12.8 Å². The molecule has 0 radical (unpaired) electrons. The minimum atomic E-state index is -3.18. The van der Waals surface area contributed by atoms with E-state index in [4.69, 9.17) is 0 Å². The Balaban J connectivity index is 1.78. The second-order valence-corrected chi connectivity index (χ2v) is 8.40. The van der Waals surface area contributed by atoms with Crippen molar-refractivity contribution in [1.29, 1.82) is 0 Å². The van der Waals surface area contributed by atoms with Crippen LogP contribution < -0.4 is 5.69 Å². The number of hydrogen-bond acceptors (Lipinski definition) is 4. The fraction of sp³-hybridized carbons (Fsp3) is 0.500. The maximum absolute atomic E-state index is 13.0. The van der Waals surface area contributed by atoms with Crippen LogP contribution in [0.3, 0.4) is 0 Å². The van der Waals surface area contributed by atoms with Crippen molar-refractivity contribution in [3.63, 3.8) is 0 Å². The van der Waals surface area contributed by atoms with Gasteiger partial charge in [-0.3, -0.25) is 4.57 Å². The van der Waals surface area contributed by atoms with Crippen molar-refractivity contribution in [3.05, 3.63) is 52.0 Å². The Morgan fingerprint density at radius 3 is 2.36 bits per heavy atom. The van der Waals surface area contributed by atoms with E-state index >= 15 is 0 Å². The average molecular weight is 368 g/mol. The Hall–Kier alpha value is -2.00. The summed E-state index contributed by atoms with van der Waals surface area (Å²) in [6, 6.07) is 5.96. The fourth-order valence-electron chi connectivity index (χ4n) is 3.17. The molecule has 0 unspecified atom stereocenters. The molecule has 0 spiro atoms. The van der Waals surface area contributed by atoms with E-state index in [-0.39, 0.29) is 24.0 Å². The van der Waals surface area contributed by atoms with E-state index in [2.05, 4.69) is 5.10 Å². The second-order valence-electron chi connectivity index (χ2n) is 6.42. The molecule has 0 amide bonds. The van der Waals surface area contributed by atoms with Crippen molar-refractivity contribution >= 4 is 10.0 Å². The SMILES string of the molecule is Cn1c(C2CCN(S(C)(=O)=O)CC2)nn(Cc2ccc(F)cc2)c1=O. The smallest absolute Gasteiger partial charge is 0.282 e. The third-order valence-electron chi connectivity index (χ3n) is 4.61. The van der Waals surface area contributed by atoms with Gasteiger partial charge >= 0.3 is 5.69 Å². The highest BCUT2D eigenvalue weighted by Gasteiger charge is 2.29. The van der Waals surface area contributed by atoms with Gasteiger partial charge in [0.15, 0.2) is 0 Å². The lowest BCUT2D eigenvalue weighted by molar-refractivity contribution is 0.311. The molecule has 0 saturated carbocycles. The molecule has 1 fully saturated rings. The van der Waals surface area contributed by atoms with Crippen molar-refractivity contribution in [2.45, 2.75) is 25.3 Å². The molecule has 1 aromatic carbocycles. The Morgan fingerprint density at radius 2 is 1.80 bits per heavy atom. The van der Waals surface area contributed by atoms with E-state index < -0.39 is 10.0 Å². The highest BCUT2D eigenvalue weighted by atomic mass is 32.2. The number of nitrogens with zero attached hydrogens (tertiary/aromatic N) is 4. The predicted molar refractivity (Wildman–Crippen MR) is 91.4 cm³/mol. The largest absolute Gasteiger partial charge is 0.345 e. The lowest BCUT2D eigenvalue weighted by Gasteiger charge is -2.29. The molecular weight excluding hydrogens is 347 g/mol. The van der Waals surface area contributed by atoms with Crippen LogP contribution >= 0.6 is 0 Å². The first-order valence-corrected chi connectivity index (χ1v) is 9.94. The fourth-order valence-corrected chi connectivity index (χ4v) is 4.05. The van der Waals surface area contributed by atoms with Gasteiger partial charge in [0.25, 0.3) is 0 Å².